The van der Waals surface area contributed by atoms with E-state index < -0.39 is 0 Å². The molecule has 3 rings (SSSR count). The number of H-pyrrole nitrogens is 1. The fraction of sp³-hybridized carbons (Fsp3) is 0.500. The first-order chi connectivity index (χ1) is 9.18. The van der Waals surface area contributed by atoms with E-state index in [-0.39, 0.29) is 5.91 Å². The van der Waals surface area contributed by atoms with E-state index in [1.165, 1.54) is 0 Å². The number of tetrazole rings is 1. The molecule has 100 valence electrons. The molecule has 0 atom stereocenters. The van der Waals surface area contributed by atoms with Gasteiger partial charge >= 0.3 is 0 Å². The summed E-state index contributed by atoms with van der Waals surface area (Å²) >= 11 is 0. The Bertz CT molecular complexity index is 598. The van der Waals surface area contributed by atoms with Crippen LogP contribution in [0.5, 0.6) is 0 Å². The van der Waals surface area contributed by atoms with E-state index in [1.807, 2.05) is 6.07 Å². The van der Waals surface area contributed by atoms with Gasteiger partial charge in [0.2, 0.25) is 5.82 Å². The first-order valence-electron chi connectivity index (χ1n) is 6.36. The Morgan fingerprint density at radius 2 is 2.26 bits per heavy atom. The molecule has 1 aliphatic heterocycles. The third kappa shape index (κ3) is 1.91. The largest absolute Gasteiger partial charge is 0.343 e. The van der Waals surface area contributed by atoms with Crippen molar-refractivity contribution in [1.82, 2.24) is 30.1 Å². The van der Waals surface area contributed by atoms with E-state index in [9.17, 15) is 4.79 Å². The highest BCUT2D eigenvalue weighted by Crippen LogP contribution is 2.29. The van der Waals surface area contributed by atoms with Gasteiger partial charge in [-0.3, -0.25) is 4.79 Å². The van der Waals surface area contributed by atoms with Gasteiger partial charge in [-0.15, -0.1) is 10.2 Å². The average Bonchev–Trinajstić information content (AvgIpc) is 3.04. The molecule has 1 aliphatic rings. The Balaban J connectivity index is 2.14. The summed E-state index contributed by atoms with van der Waals surface area (Å²) in [5, 5.41) is 14.1. The molecule has 7 nitrogen and oxygen atoms in total. The molecule has 3 heterocycles. The molecule has 0 unspecified atom stereocenters. The quantitative estimate of drug-likeness (QED) is 0.862. The lowest BCUT2D eigenvalue weighted by Crippen LogP contribution is -2.26. The highest BCUT2D eigenvalue weighted by Gasteiger charge is 2.25. The molecular weight excluding hydrogens is 244 g/mol. The zero-order valence-corrected chi connectivity index (χ0v) is 11.1. The molecule has 2 aromatic rings. The molecule has 0 saturated heterocycles. The van der Waals surface area contributed by atoms with Gasteiger partial charge in [0.25, 0.3) is 5.91 Å². The second-order valence-corrected chi connectivity index (χ2v) is 4.93. The van der Waals surface area contributed by atoms with Crippen molar-refractivity contribution in [1.29, 1.82) is 0 Å². The van der Waals surface area contributed by atoms with Crippen LogP contribution in [-0.4, -0.2) is 50.1 Å². The van der Waals surface area contributed by atoms with Gasteiger partial charge in [-0.1, -0.05) is 0 Å². The SMILES string of the molecule is CN(C)C(=O)c1cc(-c2nn[nH]n2)c2n1CCCC2. The molecule has 0 aliphatic carbocycles. The zero-order chi connectivity index (χ0) is 13.4. The summed E-state index contributed by atoms with van der Waals surface area (Å²) in [5.74, 6) is 0.571. The number of hydrogen-bond acceptors (Lipinski definition) is 4. The van der Waals surface area contributed by atoms with Gasteiger partial charge in [0, 0.05) is 31.9 Å². The van der Waals surface area contributed by atoms with Gasteiger partial charge in [-0.2, -0.15) is 5.21 Å². The van der Waals surface area contributed by atoms with Crippen LogP contribution in [-0.2, 0) is 13.0 Å². The van der Waals surface area contributed by atoms with E-state index in [1.54, 1.807) is 19.0 Å². The predicted octanol–water partition coefficient (Wildman–Crippen LogP) is 0.706. The van der Waals surface area contributed by atoms with Crippen molar-refractivity contribution in [3.63, 3.8) is 0 Å². The number of hydrogen-bond donors (Lipinski definition) is 1. The minimum Gasteiger partial charge on any atom is -0.343 e. The third-order valence-electron chi connectivity index (χ3n) is 3.47. The maximum absolute atomic E-state index is 12.2. The summed E-state index contributed by atoms with van der Waals surface area (Å²) in [5.41, 5.74) is 2.76. The van der Waals surface area contributed by atoms with Crippen LogP contribution in [0.25, 0.3) is 11.4 Å². The zero-order valence-electron chi connectivity index (χ0n) is 11.1. The van der Waals surface area contributed by atoms with Crippen LogP contribution in [0.15, 0.2) is 6.07 Å². The molecule has 0 radical (unpaired) electrons. The number of fused-ring (bicyclic) bond motifs is 1. The second-order valence-electron chi connectivity index (χ2n) is 4.93. The maximum atomic E-state index is 12.2. The van der Waals surface area contributed by atoms with Gasteiger partial charge in [0.05, 0.1) is 0 Å². The molecule has 0 aromatic carbocycles. The number of nitrogens with zero attached hydrogens (tertiary/aromatic N) is 5. The van der Waals surface area contributed by atoms with Crippen molar-refractivity contribution in [3.8, 4) is 11.4 Å². The smallest absolute Gasteiger partial charge is 0.269 e. The van der Waals surface area contributed by atoms with E-state index in [0.717, 1.165) is 37.1 Å². The molecule has 0 bridgehead atoms. The molecule has 0 spiro atoms. The topological polar surface area (TPSA) is 79.7 Å². The number of aromatic amines is 1. The van der Waals surface area contributed by atoms with Crippen LogP contribution in [0, 0.1) is 0 Å². The van der Waals surface area contributed by atoms with Crippen molar-refractivity contribution in [2.24, 2.45) is 0 Å². The molecule has 2 aromatic heterocycles. The summed E-state index contributed by atoms with van der Waals surface area (Å²) in [6.45, 7) is 0.877. The number of carbonyl (C=O) groups is 1. The predicted molar refractivity (Wildman–Crippen MR) is 68.6 cm³/mol. The summed E-state index contributed by atoms with van der Waals surface area (Å²) < 4.78 is 2.09. The Labute approximate surface area is 110 Å². The van der Waals surface area contributed by atoms with Crippen molar-refractivity contribution >= 4 is 5.91 Å². The van der Waals surface area contributed by atoms with Crippen LogP contribution in [0.4, 0.5) is 0 Å². The maximum Gasteiger partial charge on any atom is 0.269 e. The molecule has 0 fully saturated rings. The first-order valence-corrected chi connectivity index (χ1v) is 6.36. The summed E-state index contributed by atoms with van der Waals surface area (Å²) in [4.78, 5) is 13.8. The Morgan fingerprint density at radius 3 is 2.95 bits per heavy atom. The van der Waals surface area contributed by atoms with E-state index >= 15 is 0 Å². The molecule has 0 saturated carbocycles. The van der Waals surface area contributed by atoms with Crippen LogP contribution < -0.4 is 0 Å². The lowest BCUT2D eigenvalue weighted by atomic mass is 10.1. The van der Waals surface area contributed by atoms with Gasteiger partial charge in [0.1, 0.15) is 5.69 Å². The fourth-order valence-corrected chi connectivity index (χ4v) is 2.55. The highest BCUT2D eigenvalue weighted by atomic mass is 16.2. The van der Waals surface area contributed by atoms with Gasteiger partial charge in [0.15, 0.2) is 0 Å². The van der Waals surface area contributed by atoms with Crippen molar-refractivity contribution in [3.05, 3.63) is 17.5 Å². The summed E-state index contributed by atoms with van der Waals surface area (Å²) in [6.07, 6.45) is 3.18. The second kappa shape index (κ2) is 4.49. The van der Waals surface area contributed by atoms with Crippen LogP contribution in [0.1, 0.15) is 29.0 Å². The van der Waals surface area contributed by atoms with Crippen molar-refractivity contribution in [2.75, 3.05) is 14.1 Å². The fourth-order valence-electron chi connectivity index (χ4n) is 2.55. The number of aromatic nitrogens is 5. The molecule has 1 N–H and O–H groups in total. The average molecular weight is 260 g/mol. The lowest BCUT2D eigenvalue weighted by molar-refractivity contribution is 0.0816. The lowest BCUT2D eigenvalue weighted by Gasteiger charge is -2.19. The minimum absolute atomic E-state index is 0.0119. The Morgan fingerprint density at radius 1 is 1.42 bits per heavy atom. The Hall–Kier alpha value is -2.18. The van der Waals surface area contributed by atoms with Gasteiger partial charge < -0.3 is 9.47 Å². The van der Waals surface area contributed by atoms with E-state index in [0.29, 0.717) is 11.5 Å². The number of rotatable bonds is 2. The van der Waals surface area contributed by atoms with E-state index in [4.69, 9.17) is 0 Å². The first kappa shape index (κ1) is 11.9. The van der Waals surface area contributed by atoms with Gasteiger partial charge in [-0.25, -0.2) is 0 Å². The number of amides is 1. The van der Waals surface area contributed by atoms with E-state index in [2.05, 4.69) is 25.2 Å². The molecule has 7 heteroatoms. The highest BCUT2D eigenvalue weighted by molar-refractivity contribution is 5.94. The van der Waals surface area contributed by atoms with Crippen LogP contribution >= 0.6 is 0 Å². The molecular formula is C12H16N6O. The van der Waals surface area contributed by atoms with Gasteiger partial charge in [-0.05, 0) is 30.5 Å². The Kier molecular flexibility index (Phi) is 2.81. The molecule has 1 amide bonds. The monoisotopic (exact) mass is 260 g/mol. The third-order valence-corrected chi connectivity index (χ3v) is 3.47. The normalized spacial score (nSPS) is 14.2. The minimum atomic E-state index is 0.0119. The summed E-state index contributed by atoms with van der Waals surface area (Å²) in [6, 6.07) is 1.88. The molecule has 19 heavy (non-hydrogen) atoms. The standard InChI is InChI=1S/C12H16N6O/c1-17(2)12(19)10-7-8(11-13-15-16-14-11)9-5-3-4-6-18(9)10/h7H,3-6H2,1-2H3,(H,13,14,15,16). The number of carbonyl (C=O) groups excluding carboxylic acids is 1. The van der Waals surface area contributed by atoms with Crippen molar-refractivity contribution in [2.45, 2.75) is 25.8 Å². The number of nitrogens with one attached hydrogen (secondary N) is 1. The van der Waals surface area contributed by atoms with Crippen LogP contribution in [0.3, 0.4) is 0 Å². The summed E-state index contributed by atoms with van der Waals surface area (Å²) in [7, 11) is 3.53. The van der Waals surface area contributed by atoms with Crippen LogP contribution in [0.2, 0.25) is 0 Å². The van der Waals surface area contributed by atoms with Crippen molar-refractivity contribution < 1.29 is 4.79 Å².